The fraction of sp³-hybridized carbons (Fsp3) is 0.429. The van der Waals surface area contributed by atoms with E-state index in [0.717, 1.165) is 22.8 Å². The number of piperidine rings is 1. The van der Waals surface area contributed by atoms with Crippen LogP contribution in [0.1, 0.15) is 18.4 Å². The number of rotatable bonds is 5. The quantitative estimate of drug-likeness (QED) is 0.874. The van der Waals surface area contributed by atoms with E-state index in [-0.39, 0.29) is 17.9 Å². The molecule has 2 N–H and O–H groups in total. The Bertz CT molecular complexity index is 469. The lowest BCUT2D eigenvalue weighted by Crippen LogP contribution is -2.48. The summed E-state index contributed by atoms with van der Waals surface area (Å²) in [7, 11) is 0. The van der Waals surface area contributed by atoms with Crippen LogP contribution in [0.25, 0.3) is 0 Å². The van der Waals surface area contributed by atoms with Gasteiger partial charge in [-0.2, -0.15) is 0 Å². The second-order valence-corrected chi connectivity index (χ2v) is 6.15. The molecule has 1 atom stereocenters. The largest absolute Gasteiger partial charge is 0.354 e. The third kappa shape index (κ3) is 5.06. The number of thioether (sulfide) groups is 1. The third-order valence-corrected chi connectivity index (χ3v) is 4.30. The molecule has 1 aliphatic rings. The van der Waals surface area contributed by atoms with Crippen LogP contribution in [0.5, 0.6) is 0 Å². The Morgan fingerprint density at radius 1 is 1.40 bits per heavy atom. The fourth-order valence-electron chi connectivity index (χ4n) is 1.97. The molecule has 1 aromatic carbocycles. The Morgan fingerprint density at radius 3 is 2.80 bits per heavy atom. The van der Waals surface area contributed by atoms with Crippen molar-refractivity contribution < 1.29 is 9.59 Å². The van der Waals surface area contributed by atoms with Crippen molar-refractivity contribution in [3.05, 3.63) is 34.9 Å². The summed E-state index contributed by atoms with van der Waals surface area (Å²) in [5.41, 5.74) is 1.15. The monoisotopic (exact) mass is 312 g/mol. The first kappa shape index (κ1) is 15.2. The smallest absolute Gasteiger partial charge is 0.230 e. The first-order chi connectivity index (χ1) is 9.63. The van der Waals surface area contributed by atoms with E-state index in [0.29, 0.717) is 18.7 Å². The van der Waals surface area contributed by atoms with Crippen molar-refractivity contribution in [1.29, 1.82) is 0 Å². The standard InChI is InChI=1S/C14H17ClN2O2S/c15-11-3-1-10(2-4-11)8-20-9-14(19)17-12-5-6-13(18)16-7-12/h1-4,12H,5-9H2,(H,16,18)(H,17,19). The molecule has 20 heavy (non-hydrogen) atoms. The number of hydrogen-bond acceptors (Lipinski definition) is 3. The van der Waals surface area contributed by atoms with E-state index < -0.39 is 0 Å². The topological polar surface area (TPSA) is 58.2 Å². The molecular weight excluding hydrogens is 296 g/mol. The van der Waals surface area contributed by atoms with Crippen molar-refractivity contribution in [2.45, 2.75) is 24.6 Å². The van der Waals surface area contributed by atoms with Gasteiger partial charge in [0.2, 0.25) is 11.8 Å². The highest BCUT2D eigenvalue weighted by molar-refractivity contribution is 7.99. The molecule has 2 amide bonds. The number of carbonyl (C=O) groups excluding carboxylic acids is 2. The van der Waals surface area contributed by atoms with E-state index in [2.05, 4.69) is 10.6 Å². The highest BCUT2D eigenvalue weighted by atomic mass is 35.5. The van der Waals surface area contributed by atoms with Gasteiger partial charge in [-0.25, -0.2) is 0 Å². The zero-order chi connectivity index (χ0) is 14.4. The lowest BCUT2D eigenvalue weighted by atomic mass is 10.1. The molecule has 2 rings (SSSR count). The second kappa shape index (κ2) is 7.55. The molecular formula is C14H17ClN2O2S. The zero-order valence-corrected chi connectivity index (χ0v) is 12.6. The molecule has 4 nitrogen and oxygen atoms in total. The summed E-state index contributed by atoms with van der Waals surface area (Å²) in [6, 6.07) is 7.69. The van der Waals surface area contributed by atoms with Crippen molar-refractivity contribution in [3.63, 3.8) is 0 Å². The first-order valence-corrected chi connectivity index (χ1v) is 8.05. The molecule has 1 unspecified atom stereocenters. The maximum Gasteiger partial charge on any atom is 0.230 e. The van der Waals surface area contributed by atoms with Gasteiger partial charge in [-0.05, 0) is 24.1 Å². The normalized spacial score (nSPS) is 18.4. The molecule has 1 heterocycles. The van der Waals surface area contributed by atoms with Gasteiger partial charge >= 0.3 is 0 Å². The summed E-state index contributed by atoms with van der Waals surface area (Å²) in [6.45, 7) is 0.534. The number of hydrogen-bond donors (Lipinski definition) is 2. The lowest BCUT2D eigenvalue weighted by Gasteiger charge is -2.23. The zero-order valence-electron chi connectivity index (χ0n) is 11.0. The van der Waals surface area contributed by atoms with E-state index in [1.807, 2.05) is 24.3 Å². The van der Waals surface area contributed by atoms with Crippen LogP contribution in [0.2, 0.25) is 5.02 Å². The van der Waals surface area contributed by atoms with Gasteiger partial charge in [0.25, 0.3) is 0 Å². The van der Waals surface area contributed by atoms with Crippen LogP contribution in [0.4, 0.5) is 0 Å². The fourth-order valence-corrected chi connectivity index (χ4v) is 2.89. The van der Waals surface area contributed by atoms with Gasteiger partial charge in [0.15, 0.2) is 0 Å². The van der Waals surface area contributed by atoms with Crippen LogP contribution >= 0.6 is 23.4 Å². The summed E-state index contributed by atoms with van der Waals surface area (Å²) in [4.78, 5) is 22.8. The summed E-state index contributed by atoms with van der Waals surface area (Å²) < 4.78 is 0. The molecule has 1 aliphatic heterocycles. The van der Waals surface area contributed by atoms with Gasteiger partial charge in [0.05, 0.1) is 5.75 Å². The van der Waals surface area contributed by atoms with Crippen molar-refractivity contribution in [3.8, 4) is 0 Å². The molecule has 0 aromatic heterocycles. The van der Waals surface area contributed by atoms with Crippen LogP contribution in [0.3, 0.4) is 0 Å². The van der Waals surface area contributed by atoms with E-state index in [4.69, 9.17) is 11.6 Å². The van der Waals surface area contributed by atoms with Crippen LogP contribution < -0.4 is 10.6 Å². The minimum absolute atomic E-state index is 0.0186. The summed E-state index contributed by atoms with van der Waals surface area (Å²) >= 11 is 7.38. The maximum atomic E-state index is 11.8. The van der Waals surface area contributed by atoms with E-state index in [9.17, 15) is 9.59 Å². The van der Waals surface area contributed by atoms with Crippen LogP contribution in [0.15, 0.2) is 24.3 Å². The molecule has 0 saturated carbocycles. The van der Waals surface area contributed by atoms with Crippen LogP contribution in [-0.2, 0) is 15.3 Å². The Kier molecular flexibility index (Phi) is 5.73. The summed E-state index contributed by atoms with van der Waals surface area (Å²) in [5.74, 6) is 1.29. The highest BCUT2D eigenvalue weighted by Crippen LogP contribution is 2.15. The van der Waals surface area contributed by atoms with E-state index >= 15 is 0 Å². The number of benzene rings is 1. The van der Waals surface area contributed by atoms with Crippen LogP contribution in [0, 0.1) is 0 Å². The maximum absolute atomic E-state index is 11.8. The minimum Gasteiger partial charge on any atom is -0.354 e. The molecule has 1 aromatic rings. The van der Waals surface area contributed by atoms with Gasteiger partial charge in [0.1, 0.15) is 0 Å². The predicted octanol–water partition coefficient (Wildman–Crippen LogP) is 1.97. The first-order valence-electron chi connectivity index (χ1n) is 6.52. The molecule has 1 saturated heterocycles. The van der Waals surface area contributed by atoms with E-state index in [1.54, 1.807) is 11.8 Å². The van der Waals surface area contributed by atoms with Crippen molar-refractivity contribution in [2.75, 3.05) is 12.3 Å². The molecule has 0 spiro atoms. The van der Waals surface area contributed by atoms with Crippen molar-refractivity contribution >= 4 is 35.2 Å². The Hall–Kier alpha value is -1.20. The lowest BCUT2D eigenvalue weighted by molar-refractivity contribution is -0.124. The number of halogens is 1. The Labute approximate surface area is 127 Å². The van der Waals surface area contributed by atoms with Gasteiger partial charge in [0, 0.05) is 29.8 Å². The Morgan fingerprint density at radius 2 is 2.15 bits per heavy atom. The SMILES string of the molecule is O=C1CCC(NC(=O)CSCc2ccc(Cl)cc2)CN1. The minimum atomic E-state index is 0.0186. The van der Waals surface area contributed by atoms with Crippen molar-refractivity contribution in [1.82, 2.24) is 10.6 Å². The van der Waals surface area contributed by atoms with Crippen LogP contribution in [-0.4, -0.2) is 30.2 Å². The van der Waals surface area contributed by atoms with Gasteiger partial charge in [-0.15, -0.1) is 11.8 Å². The van der Waals surface area contributed by atoms with E-state index in [1.165, 1.54) is 0 Å². The Balaban J connectivity index is 1.65. The van der Waals surface area contributed by atoms with Gasteiger partial charge in [-0.3, -0.25) is 9.59 Å². The molecule has 6 heteroatoms. The molecule has 108 valence electrons. The van der Waals surface area contributed by atoms with Gasteiger partial charge < -0.3 is 10.6 Å². The summed E-state index contributed by atoms with van der Waals surface area (Å²) in [6.07, 6.45) is 1.21. The average molecular weight is 313 g/mol. The summed E-state index contributed by atoms with van der Waals surface area (Å²) in [5, 5.41) is 6.41. The molecule has 1 fully saturated rings. The molecule has 0 aliphatic carbocycles. The average Bonchev–Trinajstić information content (AvgIpc) is 2.44. The van der Waals surface area contributed by atoms with Gasteiger partial charge in [-0.1, -0.05) is 23.7 Å². The second-order valence-electron chi connectivity index (χ2n) is 4.73. The number of amides is 2. The highest BCUT2D eigenvalue weighted by Gasteiger charge is 2.19. The van der Waals surface area contributed by atoms with Crippen molar-refractivity contribution in [2.24, 2.45) is 0 Å². The predicted molar refractivity (Wildman–Crippen MR) is 81.8 cm³/mol. The molecule has 0 bridgehead atoms. The third-order valence-electron chi connectivity index (χ3n) is 3.05. The number of nitrogens with one attached hydrogen (secondary N) is 2. The number of carbonyl (C=O) groups is 2. The molecule has 0 radical (unpaired) electrons.